The van der Waals surface area contributed by atoms with E-state index in [4.69, 9.17) is 4.99 Å². The molecule has 0 fully saturated rings. The zero-order valence-corrected chi connectivity index (χ0v) is 14.0. The number of nitrogens with zero attached hydrogens (tertiary/aromatic N) is 1. The molecule has 2 heterocycles. The molecule has 0 bridgehead atoms. The van der Waals surface area contributed by atoms with E-state index in [2.05, 4.69) is 35.7 Å². The molecule has 1 aromatic heterocycles. The molecule has 0 amide bonds. The fraction of sp³-hybridized carbons (Fsp3) is 0.105. The highest BCUT2D eigenvalue weighted by molar-refractivity contribution is 7.99. The third kappa shape index (κ3) is 3.05. The number of hydrogen-bond donors (Lipinski definition) is 1. The highest BCUT2D eigenvalue weighted by Gasteiger charge is 2.22. The summed E-state index contributed by atoms with van der Waals surface area (Å²) in [5.41, 5.74) is 3.39. The average molecular weight is 337 g/mol. The van der Waals surface area contributed by atoms with Crippen LogP contribution in [0.4, 0.5) is 5.69 Å². The second-order valence-corrected chi connectivity index (χ2v) is 7.60. The number of para-hydroxylation sites is 1. The number of thioether (sulfide) groups is 1. The molecule has 2 aromatic carbocycles. The van der Waals surface area contributed by atoms with Crippen LogP contribution in [0.15, 0.2) is 75.9 Å². The van der Waals surface area contributed by atoms with Crippen LogP contribution < -0.4 is 0 Å². The lowest BCUT2D eigenvalue weighted by molar-refractivity contribution is 0.475. The number of phenolic OH excluding ortho intramolecular Hbond substituents is 1. The largest absolute Gasteiger partial charge is 0.508 e. The van der Waals surface area contributed by atoms with Gasteiger partial charge in [0.1, 0.15) is 5.75 Å². The molecule has 0 aliphatic carbocycles. The van der Waals surface area contributed by atoms with Crippen molar-refractivity contribution < 1.29 is 5.11 Å². The second-order valence-electron chi connectivity index (χ2n) is 5.41. The van der Waals surface area contributed by atoms with Crippen molar-refractivity contribution in [1.29, 1.82) is 0 Å². The van der Waals surface area contributed by atoms with Gasteiger partial charge in [-0.1, -0.05) is 30.3 Å². The normalized spacial score (nSPS) is 17.2. The number of aromatic hydroxyl groups is 1. The molecule has 114 valence electrons. The van der Waals surface area contributed by atoms with Gasteiger partial charge in [0.15, 0.2) is 0 Å². The van der Waals surface area contributed by atoms with Crippen molar-refractivity contribution in [2.75, 3.05) is 0 Å². The third-order valence-corrected chi connectivity index (χ3v) is 6.08. The Morgan fingerprint density at radius 1 is 0.957 bits per heavy atom. The number of hydrogen-bond acceptors (Lipinski definition) is 4. The Hall–Kier alpha value is -2.04. The Bertz CT molecular complexity index is 838. The van der Waals surface area contributed by atoms with E-state index in [1.165, 1.54) is 15.3 Å². The molecule has 2 nitrogen and oxygen atoms in total. The topological polar surface area (TPSA) is 32.6 Å². The molecule has 1 atom stereocenters. The van der Waals surface area contributed by atoms with Crippen LogP contribution in [0.5, 0.6) is 5.75 Å². The molecule has 0 saturated carbocycles. The standard InChI is InChI=1S/C19H15NOS2/c21-14-9-7-13(8-10-14)19-12-16(17-6-3-11-22-17)20-15-4-1-2-5-18(15)23-19/h1-11,19,21H,12H2. The number of thiophene rings is 1. The number of aliphatic imine (C=N–C) groups is 1. The molecule has 0 spiro atoms. The third-order valence-electron chi connectivity index (χ3n) is 3.84. The Morgan fingerprint density at radius 3 is 2.57 bits per heavy atom. The maximum atomic E-state index is 9.54. The zero-order valence-electron chi connectivity index (χ0n) is 12.3. The molecular formula is C19H15NOS2. The Morgan fingerprint density at radius 2 is 1.78 bits per heavy atom. The molecular weight excluding hydrogens is 322 g/mol. The van der Waals surface area contributed by atoms with E-state index < -0.39 is 0 Å². The lowest BCUT2D eigenvalue weighted by atomic mass is 10.1. The first-order valence-electron chi connectivity index (χ1n) is 7.46. The highest BCUT2D eigenvalue weighted by atomic mass is 32.2. The van der Waals surface area contributed by atoms with Crippen LogP contribution in [-0.4, -0.2) is 10.8 Å². The predicted molar refractivity (Wildman–Crippen MR) is 98.3 cm³/mol. The van der Waals surface area contributed by atoms with Crippen LogP contribution in [0.2, 0.25) is 0 Å². The summed E-state index contributed by atoms with van der Waals surface area (Å²) in [6, 6.07) is 20.0. The quantitative estimate of drug-likeness (QED) is 0.640. The van der Waals surface area contributed by atoms with Crippen LogP contribution in [0.1, 0.15) is 22.1 Å². The molecule has 0 saturated heterocycles. The smallest absolute Gasteiger partial charge is 0.115 e. The van der Waals surface area contributed by atoms with Crippen LogP contribution in [-0.2, 0) is 0 Å². The van der Waals surface area contributed by atoms with Gasteiger partial charge in [0.05, 0.1) is 11.4 Å². The molecule has 1 aliphatic heterocycles. The van der Waals surface area contributed by atoms with E-state index >= 15 is 0 Å². The van der Waals surface area contributed by atoms with Gasteiger partial charge in [-0.2, -0.15) is 0 Å². The summed E-state index contributed by atoms with van der Waals surface area (Å²) in [5.74, 6) is 0.305. The van der Waals surface area contributed by atoms with Gasteiger partial charge in [-0.25, -0.2) is 0 Å². The fourth-order valence-corrected chi connectivity index (χ4v) is 4.64. The van der Waals surface area contributed by atoms with Gasteiger partial charge in [-0.05, 0) is 41.3 Å². The van der Waals surface area contributed by atoms with Crippen molar-refractivity contribution in [3.8, 4) is 5.75 Å². The van der Waals surface area contributed by atoms with Crippen molar-refractivity contribution >= 4 is 34.5 Å². The van der Waals surface area contributed by atoms with E-state index in [0.717, 1.165) is 17.8 Å². The summed E-state index contributed by atoms with van der Waals surface area (Å²) in [4.78, 5) is 7.37. The van der Waals surface area contributed by atoms with Crippen LogP contribution in [0.25, 0.3) is 0 Å². The molecule has 4 rings (SSSR count). The van der Waals surface area contributed by atoms with Crippen LogP contribution in [0, 0.1) is 0 Å². The molecule has 4 heteroatoms. The minimum absolute atomic E-state index is 0.292. The Kier molecular flexibility index (Phi) is 3.93. The second kappa shape index (κ2) is 6.22. The van der Waals surface area contributed by atoms with Crippen LogP contribution in [0.3, 0.4) is 0 Å². The zero-order chi connectivity index (χ0) is 15.6. The highest BCUT2D eigenvalue weighted by Crippen LogP contribution is 2.45. The van der Waals surface area contributed by atoms with E-state index in [-0.39, 0.29) is 0 Å². The number of benzene rings is 2. The van der Waals surface area contributed by atoms with Crippen molar-refractivity contribution in [1.82, 2.24) is 0 Å². The van der Waals surface area contributed by atoms with Gasteiger partial charge in [0, 0.05) is 21.4 Å². The first kappa shape index (κ1) is 14.5. The first-order valence-corrected chi connectivity index (χ1v) is 9.21. The minimum atomic E-state index is 0.292. The predicted octanol–water partition coefficient (Wildman–Crippen LogP) is 5.81. The van der Waals surface area contributed by atoms with Gasteiger partial charge >= 0.3 is 0 Å². The maximum absolute atomic E-state index is 9.54. The molecule has 23 heavy (non-hydrogen) atoms. The summed E-state index contributed by atoms with van der Waals surface area (Å²) >= 11 is 3.58. The average Bonchev–Trinajstić information content (AvgIpc) is 3.03. The number of fused-ring (bicyclic) bond motifs is 1. The summed E-state index contributed by atoms with van der Waals surface area (Å²) in [6.07, 6.45) is 0.880. The van der Waals surface area contributed by atoms with E-state index in [1.807, 2.05) is 30.0 Å². The van der Waals surface area contributed by atoms with Crippen molar-refractivity contribution in [2.45, 2.75) is 16.6 Å². The monoisotopic (exact) mass is 337 g/mol. The van der Waals surface area contributed by atoms with Gasteiger partial charge in [0.2, 0.25) is 0 Å². The molecule has 3 aromatic rings. The SMILES string of the molecule is Oc1ccc(C2CC(c3cccs3)=Nc3ccccc3S2)cc1. The van der Waals surface area contributed by atoms with Gasteiger partial charge in [0.25, 0.3) is 0 Å². The number of rotatable bonds is 2. The minimum Gasteiger partial charge on any atom is -0.508 e. The summed E-state index contributed by atoms with van der Waals surface area (Å²) in [7, 11) is 0. The molecule has 1 aliphatic rings. The number of phenols is 1. The molecule has 0 radical (unpaired) electrons. The van der Waals surface area contributed by atoms with Crippen molar-refractivity contribution in [2.24, 2.45) is 4.99 Å². The van der Waals surface area contributed by atoms with Gasteiger partial charge in [-0.3, -0.25) is 4.99 Å². The lowest BCUT2D eigenvalue weighted by Gasteiger charge is -2.15. The van der Waals surface area contributed by atoms with Crippen LogP contribution >= 0.6 is 23.1 Å². The van der Waals surface area contributed by atoms with Gasteiger partial charge < -0.3 is 5.11 Å². The van der Waals surface area contributed by atoms with Crippen molar-refractivity contribution in [3.05, 3.63) is 76.5 Å². The van der Waals surface area contributed by atoms with Gasteiger partial charge in [-0.15, -0.1) is 23.1 Å². The summed E-state index contributed by atoms with van der Waals surface area (Å²) < 4.78 is 0. The first-order chi connectivity index (χ1) is 11.3. The fourth-order valence-electron chi connectivity index (χ4n) is 2.68. The van der Waals surface area contributed by atoms with Crippen molar-refractivity contribution in [3.63, 3.8) is 0 Å². The molecule has 1 N–H and O–H groups in total. The molecule has 1 unspecified atom stereocenters. The van der Waals surface area contributed by atoms with E-state index in [1.54, 1.807) is 23.5 Å². The lowest BCUT2D eigenvalue weighted by Crippen LogP contribution is -2.03. The Balaban J connectivity index is 1.78. The summed E-state index contributed by atoms with van der Waals surface area (Å²) in [5, 5.41) is 11.9. The van der Waals surface area contributed by atoms with E-state index in [0.29, 0.717) is 11.0 Å². The maximum Gasteiger partial charge on any atom is 0.115 e. The summed E-state index contributed by atoms with van der Waals surface area (Å²) in [6.45, 7) is 0. The van der Waals surface area contributed by atoms with E-state index in [9.17, 15) is 5.11 Å². The Labute approximate surface area is 143 Å².